The van der Waals surface area contributed by atoms with Crippen LogP contribution in [0.3, 0.4) is 0 Å². The lowest BCUT2D eigenvalue weighted by molar-refractivity contribution is 0.213. The first-order valence-corrected chi connectivity index (χ1v) is 7.16. The molecule has 14 heavy (non-hydrogen) atoms. The van der Waals surface area contributed by atoms with E-state index in [0.717, 1.165) is 32.4 Å². The van der Waals surface area contributed by atoms with Crippen LogP contribution in [-0.4, -0.2) is 40.0 Å². The van der Waals surface area contributed by atoms with Gasteiger partial charge in [-0.15, -0.1) is 0 Å². The van der Waals surface area contributed by atoms with Crippen molar-refractivity contribution in [2.75, 3.05) is 26.7 Å². The van der Waals surface area contributed by atoms with Crippen molar-refractivity contribution in [3.63, 3.8) is 0 Å². The predicted octanol–water partition coefficient (Wildman–Crippen LogP) is 0.792. The van der Waals surface area contributed by atoms with E-state index in [2.05, 4.69) is 16.7 Å². The first-order valence-electron chi connectivity index (χ1n) is 4.85. The molecule has 0 unspecified atom stereocenters. The van der Waals surface area contributed by atoms with Gasteiger partial charge in [-0.05, 0) is 45.3 Å². The fraction of sp³-hybridized carbons (Fsp3) is 1.00. The number of piperidine rings is 1. The van der Waals surface area contributed by atoms with Gasteiger partial charge in [0, 0.05) is 17.2 Å². The lowest BCUT2D eigenvalue weighted by Gasteiger charge is -2.28. The molecule has 84 valence electrons. The standard InChI is InChI=1S/C8H17ClN2O2S/c1-11-6-3-8(4-7-11)2-5-10-14(9,12)13/h8,10H,2-7H2,1H3. The zero-order chi connectivity index (χ0) is 10.6. The van der Waals surface area contributed by atoms with Crippen LogP contribution in [0.1, 0.15) is 19.3 Å². The normalized spacial score (nSPS) is 21.3. The quantitative estimate of drug-likeness (QED) is 0.740. The highest BCUT2D eigenvalue weighted by molar-refractivity contribution is 8.12. The SMILES string of the molecule is CN1CCC(CCNS(=O)(=O)Cl)CC1. The Bertz CT molecular complexity index is 261. The van der Waals surface area contributed by atoms with E-state index >= 15 is 0 Å². The molecule has 0 bridgehead atoms. The van der Waals surface area contributed by atoms with Crippen LogP contribution in [-0.2, 0) is 9.24 Å². The monoisotopic (exact) mass is 240 g/mol. The Morgan fingerprint density at radius 1 is 1.43 bits per heavy atom. The van der Waals surface area contributed by atoms with Crippen LogP contribution in [0.4, 0.5) is 0 Å². The average molecular weight is 241 g/mol. The summed E-state index contributed by atoms with van der Waals surface area (Å²) in [6, 6.07) is 0. The summed E-state index contributed by atoms with van der Waals surface area (Å²) in [5.74, 6) is 0.636. The summed E-state index contributed by atoms with van der Waals surface area (Å²) in [6.07, 6.45) is 3.20. The minimum atomic E-state index is -3.52. The van der Waals surface area contributed by atoms with E-state index in [0.29, 0.717) is 12.5 Å². The van der Waals surface area contributed by atoms with Crippen molar-refractivity contribution in [1.29, 1.82) is 0 Å². The molecule has 6 heteroatoms. The maximum atomic E-state index is 10.6. The van der Waals surface area contributed by atoms with Gasteiger partial charge < -0.3 is 4.90 Å². The van der Waals surface area contributed by atoms with Crippen LogP contribution < -0.4 is 4.72 Å². The topological polar surface area (TPSA) is 49.4 Å². The van der Waals surface area contributed by atoms with Crippen molar-refractivity contribution in [2.45, 2.75) is 19.3 Å². The highest BCUT2D eigenvalue weighted by Crippen LogP contribution is 2.18. The molecule has 1 N–H and O–H groups in total. The van der Waals surface area contributed by atoms with Gasteiger partial charge >= 0.3 is 0 Å². The molecule has 0 saturated carbocycles. The molecule has 0 atom stereocenters. The number of rotatable bonds is 4. The van der Waals surface area contributed by atoms with Gasteiger partial charge in [-0.3, -0.25) is 0 Å². The summed E-state index contributed by atoms with van der Waals surface area (Å²) in [5.41, 5.74) is 0. The highest BCUT2D eigenvalue weighted by Gasteiger charge is 2.16. The van der Waals surface area contributed by atoms with Gasteiger partial charge in [-0.25, -0.2) is 4.72 Å². The van der Waals surface area contributed by atoms with Crippen LogP contribution in [0.5, 0.6) is 0 Å². The summed E-state index contributed by atoms with van der Waals surface area (Å²) >= 11 is 0. The van der Waals surface area contributed by atoms with E-state index in [1.807, 2.05) is 0 Å². The number of hydrogen-bond acceptors (Lipinski definition) is 3. The van der Waals surface area contributed by atoms with Crippen LogP contribution in [0.2, 0.25) is 0 Å². The molecule has 1 fully saturated rings. The maximum absolute atomic E-state index is 10.6. The van der Waals surface area contributed by atoms with E-state index in [1.54, 1.807) is 0 Å². The van der Waals surface area contributed by atoms with Crippen LogP contribution in [0.25, 0.3) is 0 Å². The van der Waals surface area contributed by atoms with Gasteiger partial charge in [-0.1, -0.05) is 0 Å². The Kier molecular flexibility index (Phi) is 4.63. The second-order valence-electron chi connectivity index (χ2n) is 3.87. The molecule has 0 radical (unpaired) electrons. The van der Waals surface area contributed by atoms with Gasteiger partial charge in [0.1, 0.15) is 0 Å². The third kappa shape index (κ3) is 5.14. The molecular weight excluding hydrogens is 224 g/mol. The van der Waals surface area contributed by atoms with Gasteiger partial charge in [-0.2, -0.15) is 8.42 Å². The molecular formula is C8H17ClN2O2S. The minimum Gasteiger partial charge on any atom is -0.306 e. The van der Waals surface area contributed by atoms with E-state index < -0.39 is 9.24 Å². The molecule has 0 amide bonds. The highest BCUT2D eigenvalue weighted by atomic mass is 35.7. The van der Waals surface area contributed by atoms with E-state index in [1.165, 1.54) is 0 Å². The first-order chi connectivity index (χ1) is 6.47. The van der Waals surface area contributed by atoms with Crippen molar-refractivity contribution >= 4 is 19.9 Å². The van der Waals surface area contributed by atoms with Crippen molar-refractivity contribution < 1.29 is 8.42 Å². The molecule has 1 aliphatic rings. The number of halogens is 1. The lowest BCUT2D eigenvalue weighted by atomic mass is 9.94. The van der Waals surface area contributed by atoms with Crippen LogP contribution >= 0.6 is 10.7 Å². The molecule has 0 spiro atoms. The Labute approximate surface area is 90.2 Å². The fourth-order valence-electron chi connectivity index (χ4n) is 1.74. The summed E-state index contributed by atoms with van der Waals surface area (Å²) in [6.45, 7) is 2.68. The fourth-order valence-corrected chi connectivity index (χ4v) is 2.33. The minimum absolute atomic E-state index is 0.459. The molecule has 0 aliphatic carbocycles. The molecule has 1 aliphatic heterocycles. The van der Waals surface area contributed by atoms with Gasteiger partial charge in [0.15, 0.2) is 0 Å². The Morgan fingerprint density at radius 2 is 2.00 bits per heavy atom. The molecule has 0 aromatic rings. The molecule has 1 rings (SSSR count). The van der Waals surface area contributed by atoms with Crippen molar-refractivity contribution in [3.05, 3.63) is 0 Å². The summed E-state index contributed by atoms with van der Waals surface area (Å²) in [4.78, 5) is 2.29. The third-order valence-corrected chi connectivity index (χ3v) is 3.54. The molecule has 1 heterocycles. The number of hydrogen-bond donors (Lipinski definition) is 1. The number of nitrogens with zero attached hydrogens (tertiary/aromatic N) is 1. The second kappa shape index (κ2) is 5.30. The predicted molar refractivity (Wildman–Crippen MR) is 57.6 cm³/mol. The summed E-state index contributed by atoms with van der Waals surface area (Å²) in [7, 11) is 3.61. The molecule has 1 saturated heterocycles. The number of likely N-dealkylation sites (tertiary alicyclic amines) is 1. The van der Waals surface area contributed by atoms with E-state index in [-0.39, 0.29) is 0 Å². The zero-order valence-electron chi connectivity index (χ0n) is 8.37. The smallest absolute Gasteiger partial charge is 0.297 e. The summed E-state index contributed by atoms with van der Waals surface area (Å²) in [5, 5.41) is 0. The number of nitrogens with one attached hydrogen (secondary N) is 1. The van der Waals surface area contributed by atoms with E-state index in [9.17, 15) is 8.42 Å². The van der Waals surface area contributed by atoms with E-state index in [4.69, 9.17) is 10.7 Å². The molecule has 0 aromatic carbocycles. The third-order valence-electron chi connectivity index (χ3n) is 2.67. The van der Waals surface area contributed by atoms with Gasteiger partial charge in [0.2, 0.25) is 0 Å². The van der Waals surface area contributed by atoms with Gasteiger partial charge in [0.25, 0.3) is 9.24 Å². The Hall–Kier alpha value is 0.160. The molecule has 0 aromatic heterocycles. The van der Waals surface area contributed by atoms with Crippen LogP contribution in [0.15, 0.2) is 0 Å². The largest absolute Gasteiger partial charge is 0.306 e. The second-order valence-corrected chi connectivity index (χ2v) is 6.25. The van der Waals surface area contributed by atoms with Crippen molar-refractivity contribution in [1.82, 2.24) is 9.62 Å². The average Bonchev–Trinajstić information content (AvgIpc) is 2.06. The molecule has 4 nitrogen and oxygen atoms in total. The Balaban J connectivity index is 2.14. The Morgan fingerprint density at radius 3 is 2.50 bits per heavy atom. The van der Waals surface area contributed by atoms with Gasteiger partial charge in [0.05, 0.1) is 0 Å². The van der Waals surface area contributed by atoms with Crippen molar-refractivity contribution in [3.8, 4) is 0 Å². The lowest BCUT2D eigenvalue weighted by Crippen LogP contribution is -2.32. The summed E-state index contributed by atoms with van der Waals surface area (Å²) < 4.78 is 23.4. The maximum Gasteiger partial charge on any atom is 0.297 e. The first kappa shape index (κ1) is 12.2. The van der Waals surface area contributed by atoms with Crippen LogP contribution in [0, 0.1) is 5.92 Å². The van der Waals surface area contributed by atoms with Crippen molar-refractivity contribution in [2.24, 2.45) is 5.92 Å². The zero-order valence-corrected chi connectivity index (χ0v) is 9.94.